The van der Waals surface area contributed by atoms with Gasteiger partial charge in [-0.1, -0.05) is 36.4 Å². The third kappa shape index (κ3) is 6.65. The summed E-state index contributed by atoms with van der Waals surface area (Å²) in [6, 6.07) is 14.1. The van der Waals surface area contributed by atoms with E-state index < -0.39 is 0 Å². The molecule has 0 aromatic heterocycles. The van der Waals surface area contributed by atoms with Gasteiger partial charge in [0.25, 0.3) is 0 Å². The summed E-state index contributed by atoms with van der Waals surface area (Å²) in [6.07, 6.45) is 1.20. The fourth-order valence-electron chi connectivity index (χ4n) is 2.77. The zero-order valence-corrected chi connectivity index (χ0v) is 16.1. The molecule has 0 saturated carbocycles. The van der Waals surface area contributed by atoms with Gasteiger partial charge in [0.05, 0.1) is 6.04 Å². The van der Waals surface area contributed by atoms with Gasteiger partial charge >= 0.3 is 0 Å². The van der Waals surface area contributed by atoms with Crippen molar-refractivity contribution in [3.63, 3.8) is 0 Å². The van der Waals surface area contributed by atoms with Gasteiger partial charge in [-0.15, -0.1) is 12.4 Å². The maximum absolute atomic E-state index is 12.2. The first kappa shape index (κ1) is 21.9. The molecule has 0 spiro atoms. The third-order valence-corrected chi connectivity index (χ3v) is 4.00. The number of carbonyl (C=O) groups is 2. The summed E-state index contributed by atoms with van der Waals surface area (Å²) in [5.41, 5.74) is 6.84. The van der Waals surface area contributed by atoms with Crippen molar-refractivity contribution in [3.8, 4) is 0 Å². The van der Waals surface area contributed by atoms with Gasteiger partial charge in [0.1, 0.15) is 0 Å². The Morgan fingerprint density at radius 2 is 1.58 bits per heavy atom. The summed E-state index contributed by atoms with van der Waals surface area (Å²) in [4.78, 5) is 23.8. The number of benzene rings is 2. The number of halogens is 1. The van der Waals surface area contributed by atoms with Gasteiger partial charge in [0.2, 0.25) is 11.8 Å². The van der Waals surface area contributed by atoms with Crippen LogP contribution in [0.1, 0.15) is 44.7 Å². The van der Waals surface area contributed by atoms with Crippen LogP contribution in [0.4, 0.5) is 0 Å². The smallest absolute Gasteiger partial charge is 0.220 e. The van der Waals surface area contributed by atoms with Crippen LogP contribution < -0.4 is 16.4 Å². The van der Waals surface area contributed by atoms with Gasteiger partial charge in [-0.25, -0.2) is 0 Å². The molecule has 2 amide bonds. The highest BCUT2D eigenvalue weighted by molar-refractivity contribution is 5.85. The number of nitrogens with one attached hydrogen (secondary N) is 2. The van der Waals surface area contributed by atoms with Crippen LogP contribution in [0.15, 0.2) is 42.5 Å². The summed E-state index contributed by atoms with van der Waals surface area (Å²) >= 11 is 0. The van der Waals surface area contributed by atoms with Crippen LogP contribution in [-0.4, -0.2) is 24.4 Å². The van der Waals surface area contributed by atoms with E-state index in [0.29, 0.717) is 25.8 Å². The van der Waals surface area contributed by atoms with E-state index >= 15 is 0 Å². The van der Waals surface area contributed by atoms with Crippen molar-refractivity contribution in [2.45, 2.75) is 45.2 Å². The molecule has 142 valence electrons. The van der Waals surface area contributed by atoms with Gasteiger partial charge in [-0.2, -0.15) is 0 Å². The molecule has 2 aromatic carbocycles. The summed E-state index contributed by atoms with van der Waals surface area (Å²) in [5.74, 6) is -0.103. The van der Waals surface area contributed by atoms with Gasteiger partial charge in [-0.05, 0) is 42.7 Å². The van der Waals surface area contributed by atoms with Crippen molar-refractivity contribution in [1.82, 2.24) is 10.6 Å². The van der Waals surface area contributed by atoms with Crippen molar-refractivity contribution in [2.75, 3.05) is 6.54 Å². The number of hydrogen-bond donors (Lipinski definition) is 3. The lowest BCUT2D eigenvalue weighted by Crippen LogP contribution is -2.34. The fraction of sp³-hybridized carbons (Fsp3) is 0.400. The lowest BCUT2D eigenvalue weighted by molar-refractivity contribution is -0.123. The van der Waals surface area contributed by atoms with Crippen molar-refractivity contribution in [2.24, 2.45) is 5.73 Å². The lowest BCUT2D eigenvalue weighted by atomic mass is 10.0. The Balaban J connectivity index is 0.00000338. The Kier molecular flexibility index (Phi) is 9.10. The Labute approximate surface area is 161 Å². The minimum atomic E-state index is -0.221. The van der Waals surface area contributed by atoms with E-state index in [9.17, 15) is 9.59 Å². The summed E-state index contributed by atoms with van der Waals surface area (Å²) in [6.45, 7) is 4.16. The highest BCUT2D eigenvalue weighted by Gasteiger charge is 2.14. The summed E-state index contributed by atoms with van der Waals surface area (Å²) < 4.78 is 0. The summed E-state index contributed by atoms with van der Waals surface area (Å²) in [5, 5.41) is 8.07. The van der Waals surface area contributed by atoms with Crippen LogP contribution in [-0.2, 0) is 9.59 Å². The molecular formula is C20H28ClN3O2. The SMILES string of the molecule is CC(C)NC(=O)CCCC(=O)NC(CN)c1ccc2ccccc2c1.Cl. The molecular weight excluding hydrogens is 350 g/mol. The molecule has 5 nitrogen and oxygen atoms in total. The quantitative estimate of drug-likeness (QED) is 0.661. The lowest BCUT2D eigenvalue weighted by Gasteiger charge is -2.18. The Morgan fingerprint density at radius 1 is 0.962 bits per heavy atom. The number of nitrogens with two attached hydrogens (primary N) is 1. The first-order chi connectivity index (χ1) is 12.0. The zero-order valence-electron chi connectivity index (χ0n) is 15.3. The first-order valence-corrected chi connectivity index (χ1v) is 8.77. The number of fused-ring (bicyclic) bond motifs is 1. The molecule has 0 fully saturated rings. The van der Waals surface area contributed by atoms with E-state index in [1.807, 2.05) is 44.2 Å². The van der Waals surface area contributed by atoms with Crippen LogP contribution >= 0.6 is 12.4 Å². The van der Waals surface area contributed by atoms with Gasteiger partial charge in [-0.3, -0.25) is 9.59 Å². The summed E-state index contributed by atoms with van der Waals surface area (Å²) in [7, 11) is 0. The van der Waals surface area contributed by atoms with Crippen LogP contribution in [0.25, 0.3) is 10.8 Å². The minimum absolute atomic E-state index is 0. The third-order valence-electron chi connectivity index (χ3n) is 4.00. The van der Waals surface area contributed by atoms with E-state index in [1.165, 1.54) is 0 Å². The predicted octanol–water partition coefficient (Wildman–Crippen LogP) is 3.07. The molecule has 26 heavy (non-hydrogen) atoms. The Hall–Kier alpha value is -2.11. The number of rotatable bonds is 8. The molecule has 0 heterocycles. The van der Waals surface area contributed by atoms with Crippen molar-refractivity contribution < 1.29 is 9.59 Å². The van der Waals surface area contributed by atoms with E-state index in [4.69, 9.17) is 5.73 Å². The van der Waals surface area contributed by atoms with Gasteiger partial charge in [0, 0.05) is 25.4 Å². The van der Waals surface area contributed by atoms with Crippen LogP contribution in [0.3, 0.4) is 0 Å². The van der Waals surface area contributed by atoms with Crippen molar-refractivity contribution >= 4 is 35.0 Å². The minimum Gasteiger partial charge on any atom is -0.354 e. The molecule has 6 heteroatoms. The second kappa shape index (κ2) is 10.8. The molecule has 0 aliphatic carbocycles. The average Bonchev–Trinajstić information content (AvgIpc) is 2.58. The fourth-order valence-corrected chi connectivity index (χ4v) is 2.77. The molecule has 1 unspecified atom stereocenters. The maximum Gasteiger partial charge on any atom is 0.220 e. The van der Waals surface area contributed by atoms with E-state index in [-0.39, 0.29) is 36.3 Å². The number of carbonyl (C=O) groups excluding carboxylic acids is 2. The average molecular weight is 378 g/mol. The highest BCUT2D eigenvalue weighted by atomic mass is 35.5. The predicted molar refractivity (Wildman–Crippen MR) is 108 cm³/mol. The molecule has 0 radical (unpaired) electrons. The monoisotopic (exact) mass is 377 g/mol. The van der Waals surface area contributed by atoms with Gasteiger partial charge < -0.3 is 16.4 Å². The van der Waals surface area contributed by atoms with Crippen molar-refractivity contribution in [3.05, 3.63) is 48.0 Å². The molecule has 4 N–H and O–H groups in total. The normalized spacial score (nSPS) is 11.7. The zero-order chi connectivity index (χ0) is 18.2. The van der Waals surface area contributed by atoms with Crippen molar-refractivity contribution in [1.29, 1.82) is 0 Å². The molecule has 2 rings (SSSR count). The van der Waals surface area contributed by atoms with E-state index in [1.54, 1.807) is 0 Å². The maximum atomic E-state index is 12.2. The molecule has 0 saturated heterocycles. The van der Waals surface area contributed by atoms with Crippen LogP contribution in [0, 0.1) is 0 Å². The van der Waals surface area contributed by atoms with Crippen LogP contribution in [0.5, 0.6) is 0 Å². The van der Waals surface area contributed by atoms with Crippen LogP contribution in [0.2, 0.25) is 0 Å². The molecule has 0 aliphatic rings. The molecule has 0 aliphatic heterocycles. The number of amides is 2. The van der Waals surface area contributed by atoms with E-state index in [0.717, 1.165) is 16.3 Å². The van der Waals surface area contributed by atoms with Gasteiger partial charge in [0.15, 0.2) is 0 Å². The van der Waals surface area contributed by atoms with E-state index in [2.05, 4.69) is 22.8 Å². The topological polar surface area (TPSA) is 84.2 Å². The highest BCUT2D eigenvalue weighted by Crippen LogP contribution is 2.20. The Morgan fingerprint density at radius 3 is 2.19 bits per heavy atom. The number of hydrogen-bond acceptors (Lipinski definition) is 3. The molecule has 2 aromatic rings. The largest absolute Gasteiger partial charge is 0.354 e. The Bertz CT molecular complexity index is 734. The standard InChI is InChI=1S/C20H27N3O2.ClH/c1-14(2)22-19(24)8-5-9-20(25)23-18(13-21)17-11-10-15-6-3-4-7-16(15)12-17;/h3-4,6-7,10-12,14,18H,5,8-9,13,21H2,1-2H3,(H,22,24)(H,23,25);1H. The molecule has 1 atom stereocenters. The second-order valence-electron chi connectivity index (χ2n) is 6.54. The second-order valence-corrected chi connectivity index (χ2v) is 6.54. The first-order valence-electron chi connectivity index (χ1n) is 8.77. The molecule has 0 bridgehead atoms.